The first kappa shape index (κ1) is 24.8. The molecule has 0 amide bonds. The highest BCUT2D eigenvalue weighted by molar-refractivity contribution is 6.29. The van der Waals surface area contributed by atoms with Crippen LogP contribution >= 0.6 is 0 Å². The maximum absolute atomic E-state index is 13.4. The van der Waals surface area contributed by atoms with Crippen molar-refractivity contribution in [2.24, 2.45) is 0 Å². The van der Waals surface area contributed by atoms with Gasteiger partial charge in [0.2, 0.25) is 0 Å². The van der Waals surface area contributed by atoms with Crippen LogP contribution < -0.4 is 0 Å². The number of carbonyl (C=O) groups excluding carboxylic acids is 2. The van der Waals surface area contributed by atoms with Crippen molar-refractivity contribution < 1.29 is 29.4 Å². The van der Waals surface area contributed by atoms with Crippen LogP contribution in [0.1, 0.15) is 85.9 Å². The van der Waals surface area contributed by atoms with E-state index in [9.17, 15) is 29.4 Å². The number of carboxylic acids is 2. The SMILES string of the molecule is Cc1cc(Cc2ccc(Cc3cc(C(=O)O)cc(C(=O)O)c3)cc2)c(C)c2c1C(=O)c1ccccc1C2=O. The molecular weight excluding hydrogens is 480 g/mol. The van der Waals surface area contributed by atoms with Gasteiger partial charge in [-0.3, -0.25) is 9.59 Å². The van der Waals surface area contributed by atoms with Gasteiger partial charge in [-0.1, -0.05) is 54.6 Å². The van der Waals surface area contributed by atoms with Crippen LogP contribution in [0.4, 0.5) is 0 Å². The van der Waals surface area contributed by atoms with Gasteiger partial charge >= 0.3 is 11.9 Å². The van der Waals surface area contributed by atoms with Crippen molar-refractivity contribution in [3.05, 3.63) is 140 Å². The average molecular weight is 505 g/mol. The lowest BCUT2D eigenvalue weighted by Gasteiger charge is -2.23. The van der Waals surface area contributed by atoms with Crippen LogP contribution in [0, 0.1) is 13.8 Å². The molecule has 5 rings (SSSR count). The molecule has 38 heavy (non-hydrogen) atoms. The minimum atomic E-state index is -1.18. The Labute approximate surface area is 219 Å². The van der Waals surface area contributed by atoms with Crippen LogP contribution in [0.2, 0.25) is 0 Å². The molecule has 0 spiro atoms. The molecule has 0 bridgehead atoms. The molecule has 0 aliphatic heterocycles. The molecule has 0 unspecified atom stereocenters. The molecule has 1 aliphatic carbocycles. The summed E-state index contributed by atoms with van der Waals surface area (Å²) in [6.45, 7) is 3.75. The van der Waals surface area contributed by atoms with Crippen molar-refractivity contribution in [2.45, 2.75) is 26.7 Å². The quantitative estimate of drug-likeness (QED) is 0.309. The number of hydrogen-bond acceptors (Lipinski definition) is 4. The Morgan fingerprint density at radius 1 is 0.632 bits per heavy atom. The number of carbonyl (C=O) groups is 4. The van der Waals surface area contributed by atoms with Gasteiger partial charge in [0.1, 0.15) is 0 Å². The van der Waals surface area contributed by atoms with E-state index in [1.165, 1.54) is 12.1 Å². The molecule has 0 radical (unpaired) electrons. The summed E-state index contributed by atoms with van der Waals surface area (Å²) in [5, 5.41) is 18.6. The van der Waals surface area contributed by atoms with Gasteiger partial charge in [-0.2, -0.15) is 0 Å². The van der Waals surface area contributed by atoms with Gasteiger partial charge in [0.25, 0.3) is 0 Å². The third kappa shape index (κ3) is 4.41. The van der Waals surface area contributed by atoms with E-state index in [1.54, 1.807) is 24.3 Å². The standard InChI is InChI=1S/C32H24O6/c1-17-11-22(18(2)28-27(17)29(33)25-5-3-4-6-26(25)30(28)34)13-20-9-7-19(8-10-20)12-21-14-23(31(35)36)16-24(15-21)32(37)38/h3-11,14-16H,12-13H2,1-2H3,(H,35,36)(H,37,38). The lowest BCUT2D eigenvalue weighted by atomic mass is 9.78. The Hall–Kier alpha value is -4.84. The third-order valence-electron chi connectivity index (χ3n) is 7.07. The molecular formula is C32H24O6. The number of aromatic carboxylic acids is 2. The van der Waals surface area contributed by atoms with Crippen LogP contribution in [0.3, 0.4) is 0 Å². The van der Waals surface area contributed by atoms with Gasteiger partial charge in [-0.25, -0.2) is 9.59 Å². The average Bonchev–Trinajstić information content (AvgIpc) is 2.90. The smallest absolute Gasteiger partial charge is 0.335 e. The Morgan fingerprint density at radius 2 is 1.13 bits per heavy atom. The van der Waals surface area contributed by atoms with Crippen molar-refractivity contribution in [2.75, 3.05) is 0 Å². The first-order chi connectivity index (χ1) is 18.1. The number of aryl methyl sites for hydroxylation is 1. The monoisotopic (exact) mass is 504 g/mol. The van der Waals surface area contributed by atoms with E-state index < -0.39 is 11.9 Å². The van der Waals surface area contributed by atoms with Gasteiger partial charge in [0, 0.05) is 22.3 Å². The van der Waals surface area contributed by atoms with Crippen molar-refractivity contribution in [1.82, 2.24) is 0 Å². The van der Waals surface area contributed by atoms with E-state index in [0.717, 1.165) is 33.9 Å². The summed E-state index contributed by atoms with van der Waals surface area (Å²) >= 11 is 0. The summed E-state index contributed by atoms with van der Waals surface area (Å²) in [5.41, 5.74) is 6.77. The predicted octanol–water partition coefficient (Wildman–Crippen LogP) is 5.66. The predicted molar refractivity (Wildman–Crippen MR) is 142 cm³/mol. The Balaban J connectivity index is 1.42. The highest BCUT2D eigenvalue weighted by Crippen LogP contribution is 2.34. The fourth-order valence-corrected chi connectivity index (χ4v) is 5.17. The molecule has 0 aromatic heterocycles. The number of fused-ring (bicyclic) bond motifs is 2. The Kier molecular flexibility index (Phi) is 6.25. The molecule has 2 N–H and O–H groups in total. The van der Waals surface area contributed by atoms with Crippen LogP contribution in [0.5, 0.6) is 0 Å². The van der Waals surface area contributed by atoms with Crippen molar-refractivity contribution >= 4 is 23.5 Å². The molecule has 0 saturated carbocycles. The van der Waals surface area contributed by atoms with E-state index in [-0.39, 0.29) is 22.7 Å². The second kappa shape index (κ2) is 9.56. The van der Waals surface area contributed by atoms with E-state index in [2.05, 4.69) is 0 Å². The van der Waals surface area contributed by atoms with Crippen molar-refractivity contribution in [1.29, 1.82) is 0 Å². The molecule has 6 nitrogen and oxygen atoms in total. The zero-order chi connectivity index (χ0) is 27.1. The Morgan fingerprint density at radius 3 is 1.66 bits per heavy atom. The lowest BCUT2D eigenvalue weighted by molar-refractivity contribution is 0.0696. The summed E-state index contributed by atoms with van der Waals surface area (Å²) in [4.78, 5) is 49.4. The maximum Gasteiger partial charge on any atom is 0.335 e. The number of carboxylic acid groups (broad SMARTS) is 2. The molecule has 0 heterocycles. The van der Waals surface area contributed by atoms with Crippen LogP contribution in [0.15, 0.2) is 72.8 Å². The fourth-order valence-electron chi connectivity index (χ4n) is 5.17. The van der Waals surface area contributed by atoms with Gasteiger partial charge in [-0.15, -0.1) is 0 Å². The molecule has 0 fully saturated rings. The minimum Gasteiger partial charge on any atom is -0.478 e. The van der Waals surface area contributed by atoms with E-state index in [0.29, 0.717) is 40.7 Å². The van der Waals surface area contributed by atoms with Crippen LogP contribution in [-0.4, -0.2) is 33.7 Å². The van der Waals surface area contributed by atoms with Crippen LogP contribution in [0.25, 0.3) is 0 Å². The normalized spacial score (nSPS) is 12.2. The van der Waals surface area contributed by atoms with E-state index in [4.69, 9.17) is 0 Å². The summed E-state index contributed by atoms with van der Waals surface area (Å²) in [6.07, 6.45) is 0.954. The summed E-state index contributed by atoms with van der Waals surface area (Å²) in [7, 11) is 0. The summed E-state index contributed by atoms with van der Waals surface area (Å²) < 4.78 is 0. The summed E-state index contributed by atoms with van der Waals surface area (Å²) in [5.74, 6) is -2.60. The second-order valence-electron chi connectivity index (χ2n) is 9.63. The topological polar surface area (TPSA) is 109 Å². The molecule has 4 aromatic rings. The first-order valence-electron chi connectivity index (χ1n) is 12.1. The zero-order valence-electron chi connectivity index (χ0n) is 20.9. The number of hydrogen-bond donors (Lipinski definition) is 2. The Bertz CT molecular complexity index is 1630. The molecule has 188 valence electrons. The molecule has 0 atom stereocenters. The van der Waals surface area contributed by atoms with E-state index >= 15 is 0 Å². The molecule has 1 aliphatic rings. The molecule has 4 aromatic carbocycles. The minimum absolute atomic E-state index is 0.0644. The highest BCUT2D eigenvalue weighted by atomic mass is 16.4. The highest BCUT2D eigenvalue weighted by Gasteiger charge is 2.32. The number of benzene rings is 4. The zero-order valence-corrected chi connectivity index (χ0v) is 20.9. The van der Waals surface area contributed by atoms with Crippen molar-refractivity contribution in [3.63, 3.8) is 0 Å². The van der Waals surface area contributed by atoms with Crippen LogP contribution in [-0.2, 0) is 12.8 Å². The van der Waals surface area contributed by atoms with Gasteiger partial charge in [0.15, 0.2) is 11.6 Å². The fraction of sp³-hybridized carbons (Fsp3) is 0.125. The van der Waals surface area contributed by atoms with E-state index in [1.807, 2.05) is 44.2 Å². The first-order valence-corrected chi connectivity index (χ1v) is 12.1. The largest absolute Gasteiger partial charge is 0.478 e. The third-order valence-corrected chi connectivity index (χ3v) is 7.07. The molecule has 0 saturated heterocycles. The van der Waals surface area contributed by atoms with Crippen molar-refractivity contribution in [3.8, 4) is 0 Å². The van der Waals surface area contributed by atoms with Gasteiger partial charge in [-0.05, 0) is 78.3 Å². The molecule has 6 heteroatoms. The lowest BCUT2D eigenvalue weighted by Crippen LogP contribution is -2.24. The number of rotatable bonds is 6. The second-order valence-corrected chi connectivity index (χ2v) is 9.63. The van der Waals surface area contributed by atoms with Gasteiger partial charge in [0.05, 0.1) is 11.1 Å². The van der Waals surface area contributed by atoms with Gasteiger partial charge < -0.3 is 10.2 Å². The summed E-state index contributed by atoms with van der Waals surface area (Å²) in [6, 6.07) is 20.8. The maximum atomic E-state index is 13.4. The number of ketones is 2.